The molecule has 0 aliphatic carbocycles. The van der Waals surface area contributed by atoms with E-state index in [1.54, 1.807) is 35.8 Å². The van der Waals surface area contributed by atoms with Crippen molar-refractivity contribution in [2.75, 3.05) is 0 Å². The Hall–Kier alpha value is -3.52. The summed E-state index contributed by atoms with van der Waals surface area (Å²) in [7, 11) is 0. The Morgan fingerprint density at radius 1 is 1.41 bits per heavy atom. The second kappa shape index (κ2) is 5.74. The molecule has 2 aliphatic rings. The Morgan fingerprint density at radius 2 is 2.21 bits per heavy atom. The third kappa shape index (κ3) is 2.23. The van der Waals surface area contributed by atoms with Crippen LogP contribution >= 0.6 is 0 Å². The zero-order valence-corrected chi connectivity index (χ0v) is 15.6. The topological polar surface area (TPSA) is 107 Å². The van der Waals surface area contributed by atoms with Gasteiger partial charge in [-0.3, -0.25) is 14.9 Å². The predicted molar refractivity (Wildman–Crippen MR) is 105 cm³/mol. The molecule has 0 fully saturated rings. The molecule has 0 bridgehead atoms. The van der Waals surface area contributed by atoms with Crippen LogP contribution in [0.25, 0.3) is 22.3 Å². The SMILES string of the molecule is C=C1OCc2c(cc3n(c2=O)Cc2cc4c([N+](=O)[O-])cccc4nc2-3)[C@@]1(O)CC. The number of fused-ring (bicyclic) bond motifs is 5. The highest BCUT2D eigenvalue weighted by Crippen LogP contribution is 2.42. The molecule has 0 amide bonds. The van der Waals surface area contributed by atoms with Crippen LogP contribution in [0, 0.1) is 10.1 Å². The maximum absolute atomic E-state index is 13.2. The first-order valence-corrected chi connectivity index (χ1v) is 9.24. The fourth-order valence-electron chi connectivity index (χ4n) is 4.26. The first kappa shape index (κ1) is 17.6. The minimum atomic E-state index is -1.44. The van der Waals surface area contributed by atoms with E-state index in [1.165, 1.54) is 6.07 Å². The lowest BCUT2D eigenvalue weighted by molar-refractivity contribution is -0.383. The summed E-state index contributed by atoms with van der Waals surface area (Å²) in [5, 5.41) is 22.9. The van der Waals surface area contributed by atoms with Crippen molar-refractivity contribution in [3.8, 4) is 11.4 Å². The van der Waals surface area contributed by atoms with Gasteiger partial charge in [0.05, 0.1) is 39.3 Å². The molecular weight excluding hydrogens is 374 g/mol. The summed E-state index contributed by atoms with van der Waals surface area (Å²) in [4.78, 5) is 28.7. The molecule has 2 aliphatic heterocycles. The maximum atomic E-state index is 13.2. The molecule has 0 unspecified atom stereocenters. The van der Waals surface area contributed by atoms with Crippen LogP contribution in [0.3, 0.4) is 0 Å². The zero-order valence-electron chi connectivity index (χ0n) is 15.6. The average Bonchev–Trinajstić information content (AvgIpc) is 3.07. The molecule has 0 saturated carbocycles. The minimum Gasteiger partial charge on any atom is -0.490 e. The van der Waals surface area contributed by atoms with E-state index in [4.69, 9.17) is 4.74 Å². The van der Waals surface area contributed by atoms with Gasteiger partial charge >= 0.3 is 0 Å². The van der Waals surface area contributed by atoms with Crippen molar-refractivity contribution in [3.05, 3.63) is 79.8 Å². The monoisotopic (exact) mass is 391 g/mol. The first-order chi connectivity index (χ1) is 13.8. The summed E-state index contributed by atoms with van der Waals surface area (Å²) >= 11 is 0. The largest absolute Gasteiger partial charge is 0.490 e. The molecule has 5 rings (SSSR count). The summed E-state index contributed by atoms with van der Waals surface area (Å²) in [6.07, 6.45) is 0.311. The Bertz CT molecular complexity index is 1310. The highest BCUT2D eigenvalue weighted by Gasteiger charge is 2.41. The number of nitro benzene ring substituents is 1. The molecule has 4 heterocycles. The van der Waals surface area contributed by atoms with Crippen LogP contribution in [0.1, 0.15) is 30.0 Å². The lowest BCUT2D eigenvalue weighted by Gasteiger charge is -2.35. The van der Waals surface area contributed by atoms with Crippen molar-refractivity contribution in [1.29, 1.82) is 0 Å². The van der Waals surface area contributed by atoms with E-state index in [1.807, 2.05) is 0 Å². The Kier molecular flexibility index (Phi) is 3.48. The minimum absolute atomic E-state index is 0.0227. The molecule has 146 valence electrons. The molecule has 3 aromatic rings. The number of nitrogens with zero attached hydrogens (tertiary/aromatic N) is 3. The number of pyridine rings is 2. The van der Waals surface area contributed by atoms with Gasteiger partial charge in [0.1, 0.15) is 18.0 Å². The first-order valence-electron chi connectivity index (χ1n) is 9.24. The zero-order chi connectivity index (χ0) is 20.5. The van der Waals surface area contributed by atoms with Gasteiger partial charge in [-0.2, -0.15) is 0 Å². The molecule has 0 spiro atoms. The lowest BCUT2D eigenvalue weighted by atomic mass is 9.84. The second-order valence-corrected chi connectivity index (χ2v) is 7.34. The molecule has 1 atom stereocenters. The number of nitro groups is 1. The Morgan fingerprint density at radius 3 is 2.93 bits per heavy atom. The number of non-ortho nitro benzene ring substituents is 1. The van der Waals surface area contributed by atoms with Gasteiger partial charge in [-0.25, -0.2) is 4.98 Å². The van der Waals surface area contributed by atoms with Gasteiger partial charge in [0.15, 0.2) is 0 Å². The van der Waals surface area contributed by atoms with Gasteiger partial charge in [-0.1, -0.05) is 19.6 Å². The van der Waals surface area contributed by atoms with Crippen molar-refractivity contribution in [3.63, 3.8) is 0 Å². The smallest absolute Gasteiger partial charge is 0.278 e. The van der Waals surface area contributed by atoms with E-state index in [-0.39, 0.29) is 30.2 Å². The molecule has 0 radical (unpaired) electrons. The fraction of sp³-hybridized carbons (Fsp3) is 0.238. The van der Waals surface area contributed by atoms with Gasteiger partial charge in [0.25, 0.3) is 11.2 Å². The fourth-order valence-corrected chi connectivity index (χ4v) is 4.26. The van der Waals surface area contributed by atoms with E-state index < -0.39 is 10.5 Å². The Balaban J connectivity index is 1.79. The third-order valence-electron chi connectivity index (χ3n) is 5.89. The normalized spacial score (nSPS) is 19.4. The van der Waals surface area contributed by atoms with Gasteiger partial charge < -0.3 is 14.4 Å². The maximum Gasteiger partial charge on any atom is 0.278 e. The van der Waals surface area contributed by atoms with Gasteiger partial charge in [0.2, 0.25) is 0 Å². The van der Waals surface area contributed by atoms with Crippen molar-refractivity contribution in [2.24, 2.45) is 0 Å². The molecule has 8 heteroatoms. The van der Waals surface area contributed by atoms with E-state index in [9.17, 15) is 20.0 Å². The number of benzene rings is 1. The number of aromatic nitrogens is 2. The summed E-state index contributed by atoms with van der Waals surface area (Å²) in [5.74, 6) is 0.220. The standard InChI is InChI=1S/C21H17N3O5/c1-3-21(26)11(2)29-10-14-15(21)8-18-19-12(9-23(18)20(14)25)7-13-16(22-19)5-4-6-17(13)24(27)28/h4-8,26H,2-3,9-10H2,1H3/t21-/m1/s1. The highest BCUT2D eigenvalue weighted by molar-refractivity contribution is 5.91. The molecule has 2 aromatic heterocycles. The van der Waals surface area contributed by atoms with Crippen molar-refractivity contribution < 1.29 is 14.8 Å². The third-order valence-corrected chi connectivity index (χ3v) is 5.89. The number of aliphatic hydroxyl groups is 1. The van der Waals surface area contributed by atoms with Crippen LogP contribution in [0.15, 0.2) is 47.5 Å². The lowest BCUT2D eigenvalue weighted by Crippen LogP contribution is -2.38. The van der Waals surface area contributed by atoms with Crippen LogP contribution in [-0.2, 0) is 23.5 Å². The van der Waals surface area contributed by atoms with E-state index in [0.717, 1.165) is 5.56 Å². The number of hydrogen-bond donors (Lipinski definition) is 1. The summed E-state index contributed by atoms with van der Waals surface area (Å²) in [5.41, 5.74) is 1.54. The van der Waals surface area contributed by atoms with Gasteiger partial charge in [-0.15, -0.1) is 0 Å². The molecule has 1 aromatic carbocycles. The van der Waals surface area contributed by atoms with Crippen molar-refractivity contribution in [2.45, 2.75) is 32.1 Å². The molecule has 29 heavy (non-hydrogen) atoms. The average molecular weight is 391 g/mol. The van der Waals surface area contributed by atoms with Crippen LogP contribution in [0.2, 0.25) is 0 Å². The summed E-state index contributed by atoms with van der Waals surface area (Å²) in [6, 6.07) is 8.23. The molecule has 0 saturated heterocycles. The summed E-state index contributed by atoms with van der Waals surface area (Å²) < 4.78 is 7.06. The van der Waals surface area contributed by atoms with Crippen LogP contribution < -0.4 is 5.56 Å². The number of ether oxygens (including phenoxy) is 1. The van der Waals surface area contributed by atoms with Crippen molar-refractivity contribution in [1.82, 2.24) is 9.55 Å². The molecule has 8 nitrogen and oxygen atoms in total. The van der Waals surface area contributed by atoms with E-state index >= 15 is 0 Å². The van der Waals surface area contributed by atoms with E-state index in [0.29, 0.717) is 39.8 Å². The quantitative estimate of drug-likeness (QED) is 0.416. The van der Waals surface area contributed by atoms with Gasteiger partial charge in [0, 0.05) is 17.2 Å². The van der Waals surface area contributed by atoms with Crippen LogP contribution in [-0.4, -0.2) is 19.6 Å². The van der Waals surface area contributed by atoms with E-state index in [2.05, 4.69) is 11.6 Å². The van der Waals surface area contributed by atoms with Crippen molar-refractivity contribution >= 4 is 16.6 Å². The summed E-state index contributed by atoms with van der Waals surface area (Å²) in [6.45, 7) is 5.92. The van der Waals surface area contributed by atoms with Crippen LogP contribution in [0.4, 0.5) is 5.69 Å². The molecule has 1 N–H and O–H groups in total. The van der Waals surface area contributed by atoms with Gasteiger partial charge in [-0.05, 0) is 24.6 Å². The van der Waals surface area contributed by atoms with Crippen LogP contribution in [0.5, 0.6) is 0 Å². The second-order valence-electron chi connectivity index (χ2n) is 7.34. The Labute approximate surface area is 164 Å². The predicted octanol–water partition coefficient (Wildman–Crippen LogP) is 2.97. The number of hydrogen-bond acceptors (Lipinski definition) is 6. The number of rotatable bonds is 2. The highest BCUT2D eigenvalue weighted by atomic mass is 16.6. The molecular formula is C21H17N3O5.